The number of hydrogen-bond donors (Lipinski definition) is 1. The van der Waals surface area contributed by atoms with Crippen LogP contribution in [-0.4, -0.2) is 16.7 Å². The second-order valence-corrected chi connectivity index (χ2v) is 5.87. The van der Waals surface area contributed by atoms with Crippen LogP contribution in [0.2, 0.25) is 10.0 Å². The Bertz CT molecular complexity index is 594. The monoisotopic (exact) mass is 313 g/mol. The molecule has 4 nitrogen and oxygen atoms in total. The molecule has 0 aliphatic heterocycles. The molecule has 1 unspecified atom stereocenters. The normalized spacial score (nSPS) is 14.2. The summed E-state index contributed by atoms with van der Waals surface area (Å²) < 4.78 is 5.34. The van der Waals surface area contributed by atoms with Gasteiger partial charge in [0.1, 0.15) is 0 Å². The van der Waals surface area contributed by atoms with E-state index in [1.165, 1.54) is 0 Å². The predicted molar refractivity (Wildman–Crippen MR) is 80.3 cm³/mol. The van der Waals surface area contributed by atoms with Crippen LogP contribution >= 0.6 is 23.2 Å². The minimum Gasteiger partial charge on any atom is -0.339 e. The molecule has 1 aromatic carbocycles. The molecular formula is C14H17Cl2N3O. The summed E-state index contributed by atoms with van der Waals surface area (Å²) in [5, 5.41) is 5.06. The van der Waals surface area contributed by atoms with Crippen molar-refractivity contribution in [2.45, 2.75) is 32.1 Å². The van der Waals surface area contributed by atoms with Gasteiger partial charge in [-0.2, -0.15) is 4.98 Å². The van der Waals surface area contributed by atoms with Crippen LogP contribution in [0, 0.1) is 0 Å². The van der Waals surface area contributed by atoms with Gasteiger partial charge < -0.3 is 10.3 Å². The zero-order valence-corrected chi connectivity index (χ0v) is 13.0. The lowest BCUT2D eigenvalue weighted by molar-refractivity contribution is 0.289. The van der Waals surface area contributed by atoms with Crippen LogP contribution in [-0.2, 0) is 11.8 Å². The summed E-state index contributed by atoms with van der Waals surface area (Å²) in [6, 6.07) is 5.46. The van der Waals surface area contributed by atoms with E-state index in [-0.39, 0.29) is 5.41 Å². The summed E-state index contributed by atoms with van der Waals surface area (Å²) in [7, 11) is 0. The van der Waals surface area contributed by atoms with Gasteiger partial charge in [0.15, 0.2) is 5.82 Å². The van der Waals surface area contributed by atoms with Gasteiger partial charge in [-0.3, -0.25) is 0 Å². The van der Waals surface area contributed by atoms with Crippen molar-refractivity contribution in [1.29, 1.82) is 0 Å². The Balaban J connectivity index is 2.19. The number of nitrogens with two attached hydrogens (primary N) is 1. The molecule has 108 valence electrons. The van der Waals surface area contributed by atoms with Crippen molar-refractivity contribution in [2.75, 3.05) is 6.54 Å². The summed E-state index contributed by atoms with van der Waals surface area (Å²) in [5.74, 6) is 1.20. The van der Waals surface area contributed by atoms with Gasteiger partial charge in [0, 0.05) is 13.0 Å². The third-order valence-corrected chi connectivity index (χ3v) is 4.30. The average Bonchev–Trinajstić information content (AvgIpc) is 2.91. The molecule has 0 aliphatic rings. The van der Waals surface area contributed by atoms with Gasteiger partial charge >= 0.3 is 0 Å². The first-order valence-electron chi connectivity index (χ1n) is 6.45. The van der Waals surface area contributed by atoms with Gasteiger partial charge in [0.05, 0.1) is 15.5 Å². The van der Waals surface area contributed by atoms with Crippen LogP contribution in [0.25, 0.3) is 0 Å². The van der Waals surface area contributed by atoms with Gasteiger partial charge in [-0.05, 0) is 31.0 Å². The van der Waals surface area contributed by atoms with E-state index in [1.54, 1.807) is 6.07 Å². The standard InChI is InChI=1S/C14H17Cl2N3O/c1-3-14(2,8-17)13-18-12(19-20-13)7-9-4-5-10(15)11(16)6-9/h4-6H,3,7-8,17H2,1-2H3. The maximum Gasteiger partial charge on any atom is 0.233 e. The first-order valence-corrected chi connectivity index (χ1v) is 7.21. The zero-order chi connectivity index (χ0) is 14.8. The van der Waals surface area contributed by atoms with Crippen LogP contribution in [0.4, 0.5) is 0 Å². The minimum atomic E-state index is -0.275. The number of aromatic nitrogens is 2. The Morgan fingerprint density at radius 3 is 2.65 bits per heavy atom. The largest absolute Gasteiger partial charge is 0.339 e. The van der Waals surface area contributed by atoms with Gasteiger partial charge in [-0.15, -0.1) is 0 Å². The summed E-state index contributed by atoms with van der Waals surface area (Å²) in [4.78, 5) is 4.44. The zero-order valence-electron chi connectivity index (χ0n) is 11.5. The topological polar surface area (TPSA) is 64.9 Å². The molecule has 0 bridgehead atoms. The van der Waals surface area contributed by atoms with E-state index in [0.717, 1.165) is 12.0 Å². The van der Waals surface area contributed by atoms with E-state index in [4.69, 9.17) is 33.5 Å². The first-order chi connectivity index (χ1) is 9.48. The van der Waals surface area contributed by atoms with Crippen molar-refractivity contribution in [1.82, 2.24) is 10.1 Å². The summed E-state index contributed by atoms with van der Waals surface area (Å²) in [6.45, 7) is 4.54. The number of halogens is 2. The molecule has 1 heterocycles. The van der Waals surface area contributed by atoms with E-state index in [2.05, 4.69) is 17.1 Å². The first kappa shape index (κ1) is 15.3. The van der Waals surface area contributed by atoms with E-state index in [0.29, 0.717) is 34.7 Å². The number of benzene rings is 1. The molecule has 1 atom stereocenters. The Hall–Kier alpha value is -1.10. The molecule has 2 aromatic rings. The fourth-order valence-electron chi connectivity index (χ4n) is 1.79. The van der Waals surface area contributed by atoms with Gasteiger partial charge in [0.2, 0.25) is 5.89 Å². The summed E-state index contributed by atoms with van der Waals surface area (Å²) in [5.41, 5.74) is 6.50. The third kappa shape index (κ3) is 3.14. The fourth-order valence-corrected chi connectivity index (χ4v) is 2.11. The fraction of sp³-hybridized carbons (Fsp3) is 0.429. The van der Waals surface area contributed by atoms with E-state index >= 15 is 0 Å². The Labute approximate surface area is 128 Å². The highest BCUT2D eigenvalue weighted by molar-refractivity contribution is 6.42. The lowest BCUT2D eigenvalue weighted by Gasteiger charge is -2.20. The van der Waals surface area contributed by atoms with Crippen LogP contribution in [0.3, 0.4) is 0 Å². The number of rotatable bonds is 5. The summed E-state index contributed by atoms with van der Waals surface area (Å²) in [6.07, 6.45) is 1.39. The van der Waals surface area contributed by atoms with Crippen molar-refractivity contribution in [3.05, 3.63) is 45.5 Å². The molecular weight excluding hydrogens is 297 g/mol. The number of nitrogens with zero attached hydrogens (tertiary/aromatic N) is 2. The van der Waals surface area contributed by atoms with Crippen LogP contribution in [0.1, 0.15) is 37.5 Å². The van der Waals surface area contributed by atoms with Gasteiger partial charge in [-0.1, -0.05) is 41.3 Å². The second-order valence-electron chi connectivity index (χ2n) is 5.06. The SMILES string of the molecule is CCC(C)(CN)c1nc(Cc2ccc(Cl)c(Cl)c2)no1. The summed E-state index contributed by atoms with van der Waals surface area (Å²) >= 11 is 11.9. The predicted octanol–water partition coefficient (Wildman–Crippen LogP) is 3.59. The highest BCUT2D eigenvalue weighted by Gasteiger charge is 2.29. The molecule has 0 aliphatic carbocycles. The minimum absolute atomic E-state index is 0.275. The Kier molecular flexibility index (Phi) is 4.68. The Morgan fingerprint density at radius 1 is 1.30 bits per heavy atom. The van der Waals surface area contributed by atoms with E-state index in [1.807, 2.05) is 19.1 Å². The number of hydrogen-bond acceptors (Lipinski definition) is 4. The molecule has 6 heteroatoms. The smallest absolute Gasteiger partial charge is 0.233 e. The average molecular weight is 314 g/mol. The molecule has 0 amide bonds. The van der Waals surface area contributed by atoms with Crippen molar-refractivity contribution >= 4 is 23.2 Å². The van der Waals surface area contributed by atoms with Crippen molar-refractivity contribution < 1.29 is 4.52 Å². The van der Waals surface area contributed by atoms with Crippen molar-refractivity contribution in [3.8, 4) is 0 Å². The highest BCUT2D eigenvalue weighted by atomic mass is 35.5. The van der Waals surface area contributed by atoms with Gasteiger partial charge in [0.25, 0.3) is 0 Å². The van der Waals surface area contributed by atoms with Crippen molar-refractivity contribution in [3.63, 3.8) is 0 Å². The van der Waals surface area contributed by atoms with Crippen LogP contribution in [0.15, 0.2) is 22.7 Å². The van der Waals surface area contributed by atoms with Crippen molar-refractivity contribution in [2.24, 2.45) is 5.73 Å². The molecule has 0 spiro atoms. The second kappa shape index (κ2) is 6.12. The third-order valence-electron chi connectivity index (χ3n) is 3.56. The van der Waals surface area contributed by atoms with Crippen LogP contribution in [0.5, 0.6) is 0 Å². The van der Waals surface area contributed by atoms with E-state index < -0.39 is 0 Å². The quantitative estimate of drug-likeness (QED) is 0.916. The molecule has 2 N–H and O–H groups in total. The lowest BCUT2D eigenvalue weighted by Crippen LogP contribution is -2.31. The molecule has 0 fully saturated rings. The molecule has 0 saturated heterocycles. The lowest BCUT2D eigenvalue weighted by atomic mass is 9.88. The molecule has 1 aromatic heterocycles. The molecule has 0 saturated carbocycles. The van der Waals surface area contributed by atoms with E-state index in [9.17, 15) is 0 Å². The Morgan fingerprint density at radius 2 is 2.05 bits per heavy atom. The molecule has 20 heavy (non-hydrogen) atoms. The molecule has 0 radical (unpaired) electrons. The highest BCUT2D eigenvalue weighted by Crippen LogP contribution is 2.26. The molecule has 2 rings (SSSR count). The van der Waals surface area contributed by atoms with Crippen LogP contribution < -0.4 is 5.73 Å². The van der Waals surface area contributed by atoms with Gasteiger partial charge in [-0.25, -0.2) is 0 Å². The maximum atomic E-state index is 5.99. The maximum absolute atomic E-state index is 5.99.